The van der Waals surface area contributed by atoms with Crippen LogP contribution in [0.2, 0.25) is 0 Å². The zero-order valence-electron chi connectivity index (χ0n) is 10.4. The van der Waals surface area contributed by atoms with E-state index in [0.717, 1.165) is 19.4 Å². The molecule has 1 rings (SSSR count). The maximum absolute atomic E-state index is 8.74. The summed E-state index contributed by atoms with van der Waals surface area (Å²) in [4.78, 5) is 0. The summed E-state index contributed by atoms with van der Waals surface area (Å²) in [5, 5.41) is 8.74. The van der Waals surface area contributed by atoms with E-state index in [-0.39, 0.29) is 6.61 Å². The van der Waals surface area contributed by atoms with Crippen molar-refractivity contribution in [3.63, 3.8) is 0 Å². The molecule has 0 unspecified atom stereocenters. The molecular weight excluding hydrogens is 198 g/mol. The molecule has 1 aromatic rings. The van der Waals surface area contributed by atoms with Crippen molar-refractivity contribution in [1.29, 1.82) is 0 Å². The van der Waals surface area contributed by atoms with Gasteiger partial charge in [0.25, 0.3) is 0 Å². The summed E-state index contributed by atoms with van der Waals surface area (Å²) in [5.41, 5.74) is 1.32. The second-order valence-corrected chi connectivity index (χ2v) is 4.33. The molecule has 0 amide bonds. The molecule has 0 aliphatic heterocycles. The topological polar surface area (TPSA) is 24.1 Å². The van der Waals surface area contributed by atoms with Crippen molar-refractivity contribution in [1.82, 2.24) is 0 Å². The maximum Gasteiger partial charge on any atom is 0.169 e. The van der Waals surface area contributed by atoms with Crippen LogP contribution in [0.25, 0.3) is 0 Å². The van der Waals surface area contributed by atoms with E-state index in [1.807, 2.05) is 0 Å². The highest BCUT2D eigenvalue weighted by Gasteiger charge is 2.00. The first kappa shape index (κ1) is 13.2. The Morgan fingerprint density at radius 1 is 1.06 bits per heavy atom. The minimum absolute atomic E-state index is 0.284. The van der Waals surface area contributed by atoms with E-state index >= 15 is 0 Å². The molecule has 0 atom stereocenters. The van der Waals surface area contributed by atoms with E-state index in [0.29, 0.717) is 0 Å². The average molecular weight is 222 g/mol. The summed E-state index contributed by atoms with van der Waals surface area (Å²) >= 11 is 0. The van der Waals surface area contributed by atoms with Gasteiger partial charge in [-0.05, 0) is 24.8 Å². The van der Waals surface area contributed by atoms with Gasteiger partial charge in [-0.15, -0.1) is 0 Å². The Bertz CT molecular complexity index is 269. The molecule has 2 nitrogen and oxygen atoms in total. The third kappa shape index (κ3) is 5.26. The molecule has 0 fully saturated rings. The molecule has 0 saturated heterocycles. The molecule has 0 saturated carbocycles. The van der Waals surface area contributed by atoms with Gasteiger partial charge >= 0.3 is 0 Å². The van der Waals surface area contributed by atoms with Crippen LogP contribution in [0.3, 0.4) is 0 Å². The quantitative estimate of drug-likeness (QED) is 0.530. The molecule has 1 N–H and O–H groups in total. The lowest BCUT2D eigenvalue weighted by Crippen LogP contribution is -2.32. The van der Waals surface area contributed by atoms with Gasteiger partial charge in [0.05, 0.1) is 0 Å². The van der Waals surface area contributed by atoms with Crippen LogP contribution in [0.4, 0.5) is 0 Å². The second kappa shape index (κ2) is 8.28. The van der Waals surface area contributed by atoms with Gasteiger partial charge in [0.2, 0.25) is 0 Å². The third-order valence-electron chi connectivity index (χ3n) is 2.85. The first-order valence-corrected chi connectivity index (χ1v) is 6.45. The normalized spacial score (nSPS) is 10.6. The van der Waals surface area contributed by atoms with Crippen LogP contribution in [-0.4, -0.2) is 11.7 Å². The Morgan fingerprint density at radius 2 is 1.81 bits per heavy atom. The van der Waals surface area contributed by atoms with Crippen LogP contribution in [0.1, 0.15) is 44.6 Å². The van der Waals surface area contributed by atoms with Crippen LogP contribution >= 0.6 is 0 Å². The molecule has 0 bridgehead atoms. The number of pyridine rings is 1. The zero-order chi connectivity index (χ0) is 11.6. The molecule has 90 valence electrons. The zero-order valence-corrected chi connectivity index (χ0v) is 10.4. The van der Waals surface area contributed by atoms with Gasteiger partial charge in [-0.3, -0.25) is 0 Å². The first-order chi connectivity index (χ1) is 7.86. The molecule has 1 aromatic heterocycles. The highest BCUT2D eigenvalue weighted by molar-refractivity contribution is 5.07. The lowest BCUT2D eigenvalue weighted by Gasteiger charge is -2.00. The van der Waals surface area contributed by atoms with Crippen molar-refractivity contribution in [2.24, 2.45) is 0 Å². The van der Waals surface area contributed by atoms with E-state index in [4.69, 9.17) is 5.11 Å². The van der Waals surface area contributed by atoms with Crippen LogP contribution in [0.5, 0.6) is 0 Å². The van der Waals surface area contributed by atoms with Crippen LogP contribution < -0.4 is 4.57 Å². The Labute approximate surface area is 98.9 Å². The van der Waals surface area contributed by atoms with Crippen LogP contribution in [-0.2, 0) is 13.0 Å². The highest BCUT2D eigenvalue weighted by atomic mass is 16.2. The molecule has 0 aliphatic rings. The summed E-state index contributed by atoms with van der Waals surface area (Å²) in [7, 11) is 0. The Morgan fingerprint density at radius 3 is 2.44 bits per heavy atom. The summed E-state index contributed by atoms with van der Waals surface area (Å²) < 4.78 is 2.25. The van der Waals surface area contributed by atoms with Crippen molar-refractivity contribution in [2.75, 3.05) is 6.61 Å². The molecule has 1 heterocycles. The van der Waals surface area contributed by atoms with E-state index in [9.17, 15) is 0 Å². The number of aliphatic hydroxyl groups is 1. The van der Waals surface area contributed by atoms with Gasteiger partial charge in [-0.2, -0.15) is 0 Å². The van der Waals surface area contributed by atoms with Crippen molar-refractivity contribution < 1.29 is 9.67 Å². The number of aliphatic hydroxyl groups excluding tert-OH is 1. The van der Waals surface area contributed by atoms with Crippen LogP contribution in [0, 0.1) is 0 Å². The fraction of sp³-hybridized carbons (Fsp3) is 0.643. The predicted octanol–water partition coefficient (Wildman–Crippen LogP) is 2.48. The van der Waals surface area contributed by atoms with Gasteiger partial charge in [0, 0.05) is 25.2 Å². The number of hydrogen-bond donors (Lipinski definition) is 1. The summed E-state index contributed by atoms with van der Waals surface area (Å²) in [6.45, 7) is 3.65. The number of aromatic nitrogens is 1. The average Bonchev–Trinajstić information content (AvgIpc) is 2.33. The fourth-order valence-corrected chi connectivity index (χ4v) is 1.81. The Balaban J connectivity index is 2.27. The minimum Gasteiger partial charge on any atom is -0.396 e. The van der Waals surface area contributed by atoms with Crippen molar-refractivity contribution in [3.05, 3.63) is 30.1 Å². The molecule has 2 heteroatoms. The smallest absolute Gasteiger partial charge is 0.169 e. The van der Waals surface area contributed by atoms with E-state index in [1.165, 1.54) is 31.2 Å². The number of unbranched alkanes of at least 4 members (excludes halogenated alkanes) is 3. The van der Waals surface area contributed by atoms with E-state index < -0.39 is 0 Å². The third-order valence-corrected chi connectivity index (χ3v) is 2.85. The predicted molar refractivity (Wildman–Crippen MR) is 66.2 cm³/mol. The molecule has 16 heavy (non-hydrogen) atoms. The number of rotatable bonds is 8. The minimum atomic E-state index is 0.284. The van der Waals surface area contributed by atoms with E-state index in [2.05, 4.69) is 36.0 Å². The standard InChI is InChI=1S/C14H24NO/c1-2-3-4-5-10-15-11-8-14(9-12-15)7-6-13-16/h8-9,11-12,16H,2-7,10,13H2,1H3/q+1. The molecular formula is C14H24NO+. The van der Waals surface area contributed by atoms with Gasteiger partial charge in [-0.1, -0.05) is 19.8 Å². The maximum atomic E-state index is 8.74. The Hall–Kier alpha value is -0.890. The summed E-state index contributed by atoms with van der Waals surface area (Å²) in [6.07, 6.45) is 11.4. The highest BCUT2D eigenvalue weighted by Crippen LogP contribution is 2.01. The lowest BCUT2D eigenvalue weighted by atomic mass is 10.1. The van der Waals surface area contributed by atoms with Crippen molar-refractivity contribution in [3.8, 4) is 0 Å². The van der Waals surface area contributed by atoms with Crippen molar-refractivity contribution >= 4 is 0 Å². The summed E-state index contributed by atoms with van der Waals surface area (Å²) in [6, 6.07) is 4.32. The molecule has 0 spiro atoms. The largest absolute Gasteiger partial charge is 0.396 e. The molecule has 0 aromatic carbocycles. The number of hydrogen-bond acceptors (Lipinski definition) is 1. The Kier molecular flexibility index (Phi) is 6.82. The first-order valence-electron chi connectivity index (χ1n) is 6.45. The number of nitrogens with zero attached hydrogens (tertiary/aromatic N) is 1. The van der Waals surface area contributed by atoms with Gasteiger partial charge in [0.1, 0.15) is 6.54 Å². The monoisotopic (exact) mass is 222 g/mol. The lowest BCUT2D eigenvalue weighted by molar-refractivity contribution is -0.697. The van der Waals surface area contributed by atoms with Gasteiger partial charge in [0.15, 0.2) is 12.4 Å². The van der Waals surface area contributed by atoms with Crippen molar-refractivity contribution in [2.45, 2.75) is 52.0 Å². The fourth-order valence-electron chi connectivity index (χ4n) is 1.81. The van der Waals surface area contributed by atoms with E-state index in [1.54, 1.807) is 0 Å². The number of aryl methyl sites for hydroxylation is 2. The second-order valence-electron chi connectivity index (χ2n) is 4.33. The van der Waals surface area contributed by atoms with Gasteiger partial charge in [-0.25, -0.2) is 4.57 Å². The molecule has 0 aliphatic carbocycles. The SMILES string of the molecule is CCCCCC[n+]1ccc(CCCO)cc1. The molecule has 0 radical (unpaired) electrons. The van der Waals surface area contributed by atoms with Crippen LogP contribution in [0.15, 0.2) is 24.5 Å². The van der Waals surface area contributed by atoms with Gasteiger partial charge < -0.3 is 5.11 Å². The summed E-state index contributed by atoms with van der Waals surface area (Å²) in [5.74, 6) is 0.